The molecule has 0 aromatic heterocycles. The van der Waals surface area contributed by atoms with Crippen LogP contribution in [-0.2, 0) is 9.59 Å². The first-order valence-electron chi connectivity index (χ1n) is 7.23. The van der Waals surface area contributed by atoms with Crippen LogP contribution in [0.25, 0.3) is 0 Å². The number of carbonyl (C=O) groups is 3. The fourth-order valence-electron chi connectivity index (χ4n) is 2.40. The molecule has 2 N–H and O–H groups in total. The van der Waals surface area contributed by atoms with Gasteiger partial charge in [-0.15, -0.1) is 0 Å². The normalized spacial score (nSPS) is 17.5. The van der Waals surface area contributed by atoms with Gasteiger partial charge in [0.05, 0.1) is 0 Å². The monoisotopic (exact) mass is 299 g/mol. The lowest BCUT2D eigenvalue weighted by atomic mass is 9.94. The number of piperidine rings is 1. The molecule has 1 aliphatic heterocycles. The van der Waals surface area contributed by atoms with E-state index in [2.05, 4.69) is 5.32 Å². The second kappa shape index (κ2) is 7.28. The van der Waals surface area contributed by atoms with Crippen molar-refractivity contribution in [2.24, 2.45) is 11.8 Å². The van der Waals surface area contributed by atoms with Crippen LogP contribution in [0.1, 0.15) is 26.7 Å². The molecule has 0 spiro atoms. The number of nitrogens with zero attached hydrogens (tertiary/aromatic N) is 2. The number of nitrogens with one attached hydrogen (secondary N) is 1. The fraction of sp³-hybridized carbons (Fsp3) is 0.786. The summed E-state index contributed by atoms with van der Waals surface area (Å²) in [6, 6.07) is -0.918. The smallest absolute Gasteiger partial charge is 0.326 e. The van der Waals surface area contributed by atoms with Gasteiger partial charge in [-0.1, -0.05) is 13.8 Å². The summed E-state index contributed by atoms with van der Waals surface area (Å²) in [6.45, 7) is 4.57. The van der Waals surface area contributed by atoms with Crippen molar-refractivity contribution >= 4 is 17.9 Å². The number of carboxylic acid groups (broad SMARTS) is 1. The third-order valence-corrected chi connectivity index (χ3v) is 3.75. The lowest BCUT2D eigenvalue weighted by molar-refractivity contribution is -0.144. The van der Waals surface area contributed by atoms with Crippen LogP contribution in [0.5, 0.6) is 0 Å². The minimum atomic E-state index is -1.02. The van der Waals surface area contributed by atoms with Gasteiger partial charge >= 0.3 is 12.0 Å². The Kier molecular flexibility index (Phi) is 5.99. The Balaban J connectivity index is 2.52. The van der Waals surface area contributed by atoms with Crippen LogP contribution in [0.3, 0.4) is 0 Å². The summed E-state index contributed by atoms with van der Waals surface area (Å²) in [6.07, 6.45) is 1.13. The van der Waals surface area contributed by atoms with Crippen molar-refractivity contribution in [3.05, 3.63) is 0 Å². The predicted octanol–water partition coefficient (Wildman–Crippen LogP) is 0.605. The molecule has 120 valence electrons. The van der Waals surface area contributed by atoms with Crippen LogP contribution in [-0.4, -0.2) is 66.0 Å². The highest BCUT2D eigenvalue weighted by Crippen LogP contribution is 2.19. The molecule has 0 bridgehead atoms. The largest absolute Gasteiger partial charge is 0.480 e. The highest BCUT2D eigenvalue weighted by Gasteiger charge is 2.31. The van der Waals surface area contributed by atoms with Crippen LogP contribution in [0.15, 0.2) is 0 Å². The van der Waals surface area contributed by atoms with E-state index in [9.17, 15) is 14.4 Å². The molecule has 1 saturated heterocycles. The Morgan fingerprint density at radius 1 is 1.19 bits per heavy atom. The number of amides is 3. The van der Waals surface area contributed by atoms with Crippen LogP contribution in [0, 0.1) is 11.8 Å². The standard InChI is InChI=1S/C14H25N3O4/c1-9(2)11(13(19)20)15-12(18)10-5-7-17(8-6-10)14(21)16(3)4/h9-11H,5-8H2,1-4H3,(H,15,18)(H,19,20)/t11-/m1/s1. The van der Waals surface area contributed by atoms with Crippen molar-refractivity contribution < 1.29 is 19.5 Å². The molecule has 0 aliphatic carbocycles. The Labute approximate surface area is 125 Å². The molecule has 0 unspecified atom stereocenters. The van der Waals surface area contributed by atoms with Crippen LogP contribution in [0.2, 0.25) is 0 Å². The SMILES string of the molecule is CC(C)[C@@H](NC(=O)C1CCN(C(=O)N(C)C)CC1)C(=O)O. The van der Waals surface area contributed by atoms with E-state index < -0.39 is 12.0 Å². The van der Waals surface area contributed by atoms with Gasteiger partial charge in [0.15, 0.2) is 0 Å². The second-order valence-corrected chi connectivity index (χ2v) is 6.01. The lowest BCUT2D eigenvalue weighted by Gasteiger charge is -2.33. The summed E-state index contributed by atoms with van der Waals surface area (Å²) < 4.78 is 0. The minimum absolute atomic E-state index is 0.0561. The van der Waals surface area contributed by atoms with E-state index in [1.165, 1.54) is 4.90 Å². The maximum atomic E-state index is 12.1. The molecule has 1 atom stereocenters. The third-order valence-electron chi connectivity index (χ3n) is 3.75. The number of carbonyl (C=O) groups excluding carboxylic acids is 2. The van der Waals surface area contributed by atoms with Crippen molar-refractivity contribution in [3.8, 4) is 0 Å². The maximum absolute atomic E-state index is 12.1. The number of hydrogen-bond donors (Lipinski definition) is 2. The topological polar surface area (TPSA) is 90.0 Å². The van der Waals surface area contributed by atoms with Crippen LogP contribution < -0.4 is 5.32 Å². The zero-order valence-corrected chi connectivity index (χ0v) is 13.1. The molecule has 1 heterocycles. The molecule has 0 saturated carbocycles. The van der Waals surface area contributed by atoms with E-state index >= 15 is 0 Å². The van der Waals surface area contributed by atoms with E-state index in [0.717, 1.165) is 0 Å². The van der Waals surface area contributed by atoms with Crippen LogP contribution >= 0.6 is 0 Å². The zero-order valence-electron chi connectivity index (χ0n) is 13.1. The summed E-state index contributed by atoms with van der Waals surface area (Å²) in [4.78, 5) is 38.3. The highest BCUT2D eigenvalue weighted by atomic mass is 16.4. The summed E-state index contributed by atoms with van der Waals surface area (Å²) in [7, 11) is 3.39. The molecule has 0 radical (unpaired) electrons. The average Bonchev–Trinajstić information content (AvgIpc) is 2.42. The predicted molar refractivity (Wildman–Crippen MR) is 77.8 cm³/mol. The van der Waals surface area contributed by atoms with E-state index in [-0.39, 0.29) is 23.8 Å². The highest BCUT2D eigenvalue weighted by molar-refractivity contribution is 5.85. The third kappa shape index (κ3) is 4.61. The van der Waals surface area contributed by atoms with Crippen molar-refractivity contribution in [2.45, 2.75) is 32.7 Å². The van der Waals surface area contributed by atoms with E-state index in [1.807, 2.05) is 0 Å². The zero-order chi connectivity index (χ0) is 16.2. The molecule has 1 fully saturated rings. The Morgan fingerprint density at radius 2 is 1.71 bits per heavy atom. The van der Waals surface area contributed by atoms with Gasteiger partial charge in [0, 0.05) is 33.1 Å². The first kappa shape index (κ1) is 17.3. The van der Waals surface area contributed by atoms with Crippen molar-refractivity contribution in [1.82, 2.24) is 15.1 Å². The first-order valence-corrected chi connectivity index (χ1v) is 7.23. The summed E-state index contributed by atoms with van der Waals surface area (Å²) >= 11 is 0. The van der Waals surface area contributed by atoms with E-state index in [4.69, 9.17) is 5.11 Å². The fourth-order valence-corrected chi connectivity index (χ4v) is 2.40. The molecular formula is C14H25N3O4. The van der Waals surface area contributed by atoms with Crippen molar-refractivity contribution in [2.75, 3.05) is 27.2 Å². The molecule has 0 aromatic carbocycles. The number of urea groups is 1. The van der Waals surface area contributed by atoms with Gasteiger partial charge in [-0.05, 0) is 18.8 Å². The molecular weight excluding hydrogens is 274 g/mol. The Hall–Kier alpha value is -1.79. The maximum Gasteiger partial charge on any atom is 0.326 e. The number of likely N-dealkylation sites (tertiary alicyclic amines) is 1. The van der Waals surface area contributed by atoms with Gasteiger partial charge in [-0.2, -0.15) is 0 Å². The number of aliphatic carboxylic acids is 1. The van der Waals surface area contributed by atoms with Gasteiger partial charge < -0.3 is 20.2 Å². The average molecular weight is 299 g/mol. The Morgan fingerprint density at radius 3 is 2.10 bits per heavy atom. The molecule has 1 aliphatic rings. The molecule has 3 amide bonds. The molecule has 1 rings (SSSR count). The second-order valence-electron chi connectivity index (χ2n) is 6.01. The molecule has 7 heteroatoms. The van der Waals surface area contributed by atoms with E-state index in [1.54, 1.807) is 32.8 Å². The van der Waals surface area contributed by atoms with Gasteiger partial charge in [-0.25, -0.2) is 9.59 Å². The van der Waals surface area contributed by atoms with Gasteiger partial charge in [-0.3, -0.25) is 4.79 Å². The van der Waals surface area contributed by atoms with E-state index in [0.29, 0.717) is 25.9 Å². The minimum Gasteiger partial charge on any atom is -0.480 e. The lowest BCUT2D eigenvalue weighted by Crippen LogP contribution is -2.50. The number of rotatable bonds is 4. The van der Waals surface area contributed by atoms with Crippen LogP contribution in [0.4, 0.5) is 4.79 Å². The quantitative estimate of drug-likeness (QED) is 0.795. The summed E-state index contributed by atoms with van der Waals surface area (Å²) in [5.74, 6) is -1.63. The number of hydrogen-bond acceptors (Lipinski definition) is 3. The summed E-state index contributed by atoms with van der Waals surface area (Å²) in [5.41, 5.74) is 0. The Bertz CT molecular complexity index is 401. The first-order chi connectivity index (χ1) is 9.73. The van der Waals surface area contributed by atoms with Crippen molar-refractivity contribution in [3.63, 3.8) is 0 Å². The van der Waals surface area contributed by atoms with Gasteiger partial charge in [0.1, 0.15) is 6.04 Å². The molecule has 21 heavy (non-hydrogen) atoms. The molecule has 0 aromatic rings. The van der Waals surface area contributed by atoms with Crippen molar-refractivity contribution in [1.29, 1.82) is 0 Å². The number of carboxylic acids is 1. The summed E-state index contributed by atoms with van der Waals surface area (Å²) in [5, 5.41) is 11.7. The van der Waals surface area contributed by atoms with Gasteiger partial charge in [0.25, 0.3) is 0 Å². The van der Waals surface area contributed by atoms with Gasteiger partial charge in [0.2, 0.25) is 5.91 Å². The molecule has 7 nitrogen and oxygen atoms in total.